The van der Waals surface area contributed by atoms with Gasteiger partial charge in [-0.1, -0.05) is 79.7 Å². The van der Waals surface area contributed by atoms with Gasteiger partial charge in [0.15, 0.2) is 0 Å². The van der Waals surface area contributed by atoms with Gasteiger partial charge in [0.2, 0.25) is 10.0 Å². The molecule has 10 heteroatoms. The zero-order valence-corrected chi connectivity index (χ0v) is 27.7. The second-order valence-electron chi connectivity index (χ2n) is 11.0. The van der Waals surface area contributed by atoms with E-state index in [1.807, 2.05) is 75.0 Å². The van der Waals surface area contributed by atoms with Crippen molar-refractivity contribution in [3.63, 3.8) is 0 Å². The predicted octanol–water partition coefficient (Wildman–Crippen LogP) is 6.30. The molecule has 1 aliphatic heterocycles. The minimum atomic E-state index is -3.78. The van der Waals surface area contributed by atoms with Crippen LogP contribution in [0.5, 0.6) is 5.75 Å². The second kappa shape index (κ2) is 15.8. The number of hydrogen-bond acceptors (Lipinski definition) is 7. The molecule has 4 aromatic rings. The molecule has 0 amide bonds. The maximum absolute atomic E-state index is 13.7. The predicted molar refractivity (Wildman–Crippen MR) is 175 cm³/mol. The minimum absolute atomic E-state index is 0.138. The number of fused-ring (bicyclic) bond motifs is 1. The largest absolute Gasteiger partial charge is 0.488 e. The Bertz CT molecular complexity index is 1660. The number of ether oxygens (including phenoxy) is 2. The van der Waals surface area contributed by atoms with Gasteiger partial charge >= 0.3 is 5.97 Å². The first kappa shape index (κ1) is 33.9. The normalized spacial score (nSPS) is 16.3. The summed E-state index contributed by atoms with van der Waals surface area (Å²) in [5.41, 5.74) is 4.81. The maximum atomic E-state index is 13.7. The Labute approximate surface area is 267 Å². The zero-order valence-electron chi connectivity index (χ0n) is 26.8. The SMILES string of the molecule is CC.CCOC(=O)CC(CCc1cn(Cc2ccccc2)nn1)c1ccc(C)c(CN2C[C@@H](C)Oc3ccccc3S2(=O)=O)c1. The fraction of sp³-hybridized carbons (Fsp3) is 0.400. The summed E-state index contributed by atoms with van der Waals surface area (Å²) >= 11 is 0. The number of carbonyl (C=O) groups excluding carboxylic acids is 1. The number of benzene rings is 3. The highest BCUT2D eigenvalue weighted by Gasteiger charge is 2.33. The van der Waals surface area contributed by atoms with Crippen molar-refractivity contribution in [1.29, 1.82) is 0 Å². The summed E-state index contributed by atoms with van der Waals surface area (Å²) in [6.07, 6.45) is 3.14. The number of sulfonamides is 1. The third-order valence-electron chi connectivity index (χ3n) is 7.69. The lowest BCUT2D eigenvalue weighted by molar-refractivity contribution is -0.143. The number of esters is 1. The molecule has 5 rings (SSSR count). The molecule has 0 radical (unpaired) electrons. The van der Waals surface area contributed by atoms with E-state index in [4.69, 9.17) is 9.47 Å². The molecule has 0 fully saturated rings. The lowest BCUT2D eigenvalue weighted by Crippen LogP contribution is -2.35. The van der Waals surface area contributed by atoms with E-state index < -0.39 is 10.0 Å². The third kappa shape index (κ3) is 8.79. The lowest BCUT2D eigenvalue weighted by Gasteiger charge is -2.24. The molecule has 1 unspecified atom stereocenters. The molecule has 3 aromatic carbocycles. The van der Waals surface area contributed by atoms with Crippen molar-refractivity contribution < 1.29 is 22.7 Å². The van der Waals surface area contributed by atoms with E-state index in [1.54, 1.807) is 31.2 Å². The molecule has 2 atom stereocenters. The fourth-order valence-corrected chi connectivity index (χ4v) is 7.04. The van der Waals surface area contributed by atoms with Gasteiger partial charge in [-0.15, -0.1) is 5.10 Å². The van der Waals surface area contributed by atoms with Gasteiger partial charge in [-0.2, -0.15) is 4.31 Å². The number of nitrogens with zero attached hydrogens (tertiary/aromatic N) is 4. The molecule has 9 nitrogen and oxygen atoms in total. The molecule has 0 aliphatic carbocycles. The van der Waals surface area contributed by atoms with Crippen molar-refractivity contribution in [3.8, 4) is 5.75 Å². The van der Waals surface area contributed by atoms with Crippen LogP contribution in [0.25, 0.3) is 0 Å². The van der Waals surface area contributed by atoms with E-state index >= 15 is 0 Å². The highest BCUT2D eigenvalue weighted by Crippen LogP contribution is 2.33. The maximum Gasteiger partial charge on any atom is 0.306 e. The average molecular weight is 633 g/mol. The number of aryl methyl sites for hydroxylation is 2. The van der Waals surface area contributed by atoms with Crippen molar-refractivity contribution in [1.82, 2.24) is 19.3 Å². The Balaban J connectivity index is 0.00000226. The molecular formula is C35H44N4O5S. The van der Waals surface area contributed by atoms with Crippen LogP contribution in [0.2, 0.25) is 0 Å². The van der Waals surface area contributed by atoms with Crippen LogP contribution in [0.4, 0.5) is 0 Å². The van der Waals surface area contributed by atoms with Crippen molar-refractivity contribution in [3.05, 3.63) is 107 Å². The molecule has 0 bridgehead atoms. The van der Waals surface area contributed by atoms with Crippen LogP contribution in [0.3, 0.4) is 0 Å². The summed E-state index contributed by atoms with van der Waals surface area (Å²) in [5.74, 6) is -0.0281. The molecular weight excluding hydrogens is 588 g/mol. The standard InChI is InChI=1S/C33H38N4O5S.C2H6/c1-4-41-33(38)19-28(16-17-30-23-36(35-34-30)21-26-10-6-5-7-11-26)27-15-14-24(2)29(18-27)22-37-20-25(3)42-31-12-8-9-13-32(31)43(37,39)40;1-2/h5-15,18,23,25,28H,4,16-17,19-22H2,1-3H3;1-2H3/t25-,28?;/m1./s1. The van der Waals surface area contributed by atoms with E-state index in [2.05, 4.69) is 22.4 Å². The van der Waals surface area contributed by atoms with E-state index in [1.165, 1.54) is 4.31 Å². The molecule has 1 aromatic heterocycles. The Morgan fingerprint density at radius 3 is 2.53 bits per heavy atom. The number of rotatable bonds is 11. The average Bonchev–Trinajstić information content (AvgIpc) is 3.45. The molecule has 0 saturated carbocycles. The monoisotopic (exact) mass is 632 g/mol. The van der Waals surface area contributed by atoms with Gasteiger partial charge in [0, 0.05) is 12.7 Å². The van der Waals surface area contributed by atoms with Gasteiger partial charge in [-0.05, 0) is 73.9 Å². The molecule has 45 heavy (non-hydrogen) atoms. The van der Waals surface area contributed by atoms with Crippen LogP contribution in [0.1, 0.15) is 74.4 Å². The summed E-state index contributed by atoms with van der Waals surface area (Å²) in [7, 11) is -3.78. The number of para-hydroxylation sites is 1. The van der Waals surface area contributed by atoms with Gasteiger partial charge in [-0.25, -0.2) is 13.1 Å². The van der Waals surface area contributed by atoms with E-state index in [9.17, 15) is 13.2 Å². The minimum Gasteiger partial charge on any atom is -0.488 e. The van der Waals surface area contributed by atoms with Crippen molar-refractivity contribution in [2.75, 3.05) is 13.2 Å². The fourth-order valence-electron chi connectivity index (χ4n) is 5.42. The van der Waals surface area contributed by atoms with E-state index in [-0.39, 0.29) is 42.4 Å². The second-order valence-corrected chi connectivity index (χ2v) is 12.9. The molecule has 0 saturated heterocycles. The van der Waals surface area contributed by atoms with Gasteiger partial charge in [-0.3, -0.25) is 4.79 Å². The third-order valence-corrected chi connectivity index (χ3v) is 9.54. The smallest absolute Gasteiger partial charge is 0.306 e. The van der Waals surface area contributed by atoms with Gasteiger partial charge in [0.05, 0.1) is 31.8 Å². The van der Waals surface area contributed by atoms with Crippen LogP contribution in [0, 0.1) is 6.92 Å². The van der Waals surface area contributed by atoms with Crippen LogP contribution in [-0.2, 0) is 39.1 Å². The van der Waals surface area contributed by atoms with Crippen molar-refractivity contribution in [2.45, 2.75) is 83.9 Å². The Morgan fingerprint density at radius 1 is 1.04 bits per heavy atom. The van der Waals surface area contributed by atoms with Crippen molar-refractivity contribution >= 4 is 16.0 Å². The topological polar surface area (TPSA) is 104 Å². The summed E-state index contributed by atoms with van der Waals surface area (Å²) in [4.78, 5) is 12.8. The van der Waals surface area contributed by atoms with E-state index in [0.717, 1.165) is 27.9 Å². The van der Waals surface area contributed by atoms with Crippen LogP contribution >= 0.6 is 0 Å². The Hall–Kier alpha value is -4.02. The van der Waals surface area contributed by atoms with Crippen LogP contribution < -0.4 is 4.74 Å². The first-order valence-electron chi connectivity index (χ1n) is 15.7. The first-order chi connectivity index (χ1) is 21.7. The molecule has 240 valence electrons. The molecule has 0 N–H and O–H groups in total. The van der Waals surface area contributed by atoms with Gasteiger partial charge < -0.3 is 9.47 Å². The number of aromatic nitrogens is 3. The summed E-state index contributed by atoms with van der Waals surface area (Å²) in [5, 5.41) is 8.65. The Morgan fingerprint density at radius 2 is 1.78 bits per heavy atom. The summed E-state index contributed by atoms with van der Waals surface area (Å²) < 4.78 is 41.9. The number of carbonyl (C=O) groups is 1. The van der Waals surface area contributed by atoms with Gasteiger partial charge in [0.1, 0.15) is 16.7 Å². The van der Waals surface area contributed by atoms with Gasteiger partial charge in [0.25, 0.3) is 0 Å². The Kier molecular flexibility index (Phi) is 11.9. The molecule has 2 heterocycles. The first-order valence-corrected chi connectivity index (χ1v) is 17.1. The van der Waals surface area contributed by atoms with Crippen LogP contribution in [0.15, 0.2) is 83.9 Å². The summed E-state index contributed by atoms with van der Waals surface area (Å²) in [6.45, 7) is 11.0. The quantitative estimate of drug-likeness (QED) is 0.179. The van der Waals surface area contributed by atoms with E-state index in [0.29, 0.717) is 31.7 Å². The van der Waals surface area contributed by atoms with Crippen molar-refractivity contribution in [2.24, 2.45) is 0 Å². The zero-order chi connectivity index (χ0) is 32.4. The summed E-state index contributed by atoms with van der Waals surface area (Å²) in [6, 6.07) is 22.9. The highest BCUT2D eigenvalue weighted by molar-refractivity contribution is 7.89. The lowest BCUT2D eigenvalue weighted by atomic mass is 9.88. The van der Waals surface area contributed by atoms with Crippen LogP contribution in [-0.4, -0.2) is 52.9 Å². The number of hydrogen-bond donors (Lipinski definition) is 0. The molecule has 1 aliphatic rings. The highest BCUT2D eigenvalue weighted by atomic mass is 32.2. The molecule has 0 spiro atoms.